The maximum Gasteiger partial charge on any atom is 0.188 e. The minimum absolute atomic E-state index is 0.00641. The van der Waals surface area contributed by atoms with Crippen LogP contribution in [0.25, 0.3) is 55.4 Å². The van der Waals surface area contributed by atoms with Crippen LogP contribution >= 0.6 is 0 Å². The van der Waals surface area contributed by atoms with E-state index in [-0.39, 0.29) is 13.6 Å². The van der Waals surface area contributed by atoms with Crippen LogP contribution in [-0.4, -0.2) is 47.7 Å². The fraction of sp³-hybridized carbons (Fsp3) is 0.0833. The third kappa shape index (κ3) is 7.66. The Balaban J connectivity index is 1.31. The first kappa shape index (κ1) is 35.7. The van der Waals surface area contributed by atoms with Crippen molar-refractivity contribution in [3.05, 3.63) is 168 Å². The van der Waals surface area contributed by atoms with E-state index >= 15 is 0 Å². The Morgan fingerprint density at radius 2 is 0.875 bits per heavy atom. The summed E-state index contributed by atoms with van der Waals surface area (Å²) in [7, 11) is 3.19. The topological polar surface area (TPSA) is 88.5 Å². The molecule has 4 aromatic carbocycles. The van der Waals surface area contributed by atoms with Crippen LogP contribution < -0.4 is 9.47 Å². The van der Waals surface area contributed by atoms with E-state index in [9.17, 15) is 0 Å². The summed E-state index contributed by atoms with van der Waals surface area (Å²) >= 11 is 0. The molecule has 56 heavy (non-hydrogen) atoms. The number of hydrogen-bond acceptors (Lipinski definition) is 8. The van der Waals surface area contributed by atoms with E-state index in [4.69, 9.17) is 18.9 Å². The van der Waals surface area contributed by atoms with Crippen molar-refractivity contribution in [2.24, 2.45) is 0 Å². The van der Waals surface area contributed by atoms with E-state index in [0.717, 1.165) is 66.6 Å². The lowest BCUT2D eigenvalue weighted by molar-refractivity contribution is 0.0500. The van der Waals surface area contributed by atoms with Crippen molar-refractivity contribution in [2.75, 3.05) is 27.8 Å². The number of fused-ring (bicyclic) bond motifs is 2. The molecule has 0 radical (unpaired) electrons. The molecule has 0 bridgehead atoms. The van der Waals surface area contributed by atoms with E-state index in [1.54, 1.807) is 39.0 Å². The highest BCUT2D eigenvalue weighted by molar-refractivity contribution is 6.11. The molecule has 0 saturated heterocycles. The number of rotatable bonds is 9. The van der Waals surface area contributed by atoms with Gasteiger partial charge in [-0.1, -0.05) is 84.3 Å². The van der Waals surface area contributed by atoms with Gasteiger partial charge in [0, 0.05) is 61.3 Å². The molecule has 4 heterocycles. The number of ether oxygens (including phenoxy) is 4. The highest BCUT2D eigenvalue weighted by atomic mass is 16.7. The smallest absolute Gasteiger partial charge is 0.188 e. The summed E-state index contributed by atoms with van der Waals surface area (Å²) in [5.74, 6) is 14.5. The van der Waals surface area contributed by atoms with Crippen molar-refractivity contribution >= 4 is 21.5 Å². The Labute approximate surface area is 324 Å². The predicted molar refractivity (Wildman–Crippen MR) is 219 cm³/mol. The number of hydrogen-bond donors (Lipinski definition) is 0. The lowest BCUT2D eigenvalue weighted by atomic mass is 9.88. The standard InChI is InChI=1S/C48H34N4O4/c1-53-31-55-47-37(21-17-33-19-23-43(51-29-33)41-15-7-9-25-49-41)27-35-11-3-5-13-39(35)45(47)46-40-14-6-4-12-36(40)28-38(48(46)56-32-54-2)22-18-34-20-24-44(52-30-34)42-16-8-10-26-50-42/h3-16,19-20,23-30H,31-32H2,1-2H3. The molecule has 4 aromatic heterocycles. The molecular formula is C48H34N4O4. The van der Waals surface area contributed by atoms with Crippen molar-refractivity contribution in [1.82, 2.24) is 19.9 Å². The van der Waals surface area contributed by atoms with Gasteiger partial charge in [0.25, 0.3) is 0 Å². The Bertz CT molecular complexity index is 2580. The second-order valence-corrected chi connectivity index (χ2v) is 12.6. The number of nitrogens with zero attached hydrogens (tertiary/aromatic N) is 4. The molecule has 0 saturated carbocycles. The van der Waals surface area contributed by atoms with E-state index in [2.05, 4.69) is 67.9 Å². The molecule has 0 aliphatic carbocycles. The molecule has 0 N–H and O–H groups in total. The van der Waals surface area contributed by atoms with Crippen LogP contribution in [0.3, 0.4) is 0 Å². The van der Waals surface area contributed by atoms with Crippen molar-refractivity contribution in [1.29, 1.82) is 0 Å². The molecule has 8 rings (SSSR count). The fourth-order valence-electron chi connectivity index (χ4n) is 6.42. The van der Waals surface area contributed by atoms with Gasteiger partial charge in [-0.15, -0.1) is 0 Å². The molecule has 0 aliphatic rings. The van der Waals surface area contributed by atoms with Gasteiger partial charge in [-0.2, -0.15) is 0 Å². The number of methoxy groups -OCH3 is 2. The minimum atomic E-state index is -0.00641. The summed E-state index contributed by atoms with van der Waals surface area (Å²) in [6, 6.07) is 39.6. The van der Waals surface area contributed by atoms with Crippen LogP contribution in [0.15, 0.2) is 146 Å². The van der Waals surface area contributed by atoms with E-state index < -0.39 is 0 Å². The van der Waals surface area contributed by atoms with Gasteiger partial charge >= 0.3 is 0 Å². The van der Waals surface area contributed by atoms with Crippen molar-refractivity contribution < 1.29 is 18.9 Å². The third-order valence-corrected chi connectivity index (χ3v) is 8.96. The Morgan fingerprint density at radius 1 is 0.446 bits per heavy atom. The van der Waals surface area contributed by atoms with Gasteiger partial charge in [0.2, 0.25) is 0 Å². The van der Waals surface area contributed by atoms with Gasteiger partial charge < -0.3 is 18.9 Å². The normalized spacial score (nSPS) is 10.7. The van der Waals surface area contributed by atoms with Crippen LogP contribution in [0.4, 0.5) is 0 Å². The first-order chi connectivity index (χ1) is 27.7. The zero-order chi connectivity index (χ0) is 38.1. The molecule has 8 aromatic rings. The lowest BCUT2D eigenvalue weighted by Crippen LogP contribution is -2.06. The van der Waals surface area contributed by atoms with Crippen molar-refractivity contribution in [3.8, 4) is 69.1 Å². The van der Waals surface area contributed by atoms with E-state index in [1.807, 2.05) is 97.1 Å². The maximum atomic E-state index is 6.49. The second kappa shape index (κ2) is 16.8. The van der Waals surface area contributed by atoms with Crippen LogP contribution in [0, 0.1) is 23.7 Å². The third-order valence-electron chi connectivity index (χ3n) is 8.96. The SMILES string of the molecule is COCOc1c(C#Cc2ccc(-c3ccccn3)nc2)cc2ccccc2c1-c1c(OCOC)c(C#Cc2ccc(-c3ccccn3)nc2)cc2ccccc12. The molecule has 0 fully saturated rings. The van der Waals surface area contributed by atoms with Crippen molar-refractivity contribution in [2.45, 2.75) is 0 Å². The molecule has 0 atom stereocenters. The zero-order valence-corrected chi connectivity index (χ0v) is 30.7. The molecular weight excluding hydrogens is 697 g/mol. The predicted octanol–water partition coefficient (Wildman–Crippen LogP) is 9.34. The fourth-order valence-corrected chi connectivity index (χ4v) is 6.42. The Hall–Kier alpha value is -7.36. The molecule has 270 valence electrons. The minimum Gasteiger partial charge on any atom is -0.466 e. The monoisotopic (exact) mass is 730 g/mol. The van der Waals surface area contributed by atoms with Gasteiger partial charge in [0.05, 0.1) is 33.9 Å². The average Bonchev–Trinajstić information content (AvgIpc) is 3.26. The Kier molecular flexibility index (Phi) is 10.7. The van der Waals surface area contributed by atoms with Crippen LogP contribution in [0.2, 0.25) is 0 Å². The molecule has 0 spiro atoms. The van der Waals surface area contributed by atoms with Gasteiger partial charge in [-0.05, 0) is 82.2 Å². The van der Waals surface area contributed by atoms with Gasteiger partial charge in [0.15, 0.2) is 13.6 Å². The van der Waals surface area contributed by atoms with E-state index in [1.165, 1.54) is 0 Å². The summed E-state index contributed by atoms with van der Waals surface area (Å²) < 4.78 is 23.9. The highest BCUT2D eigenvalue weighted by Crippen LogP contribution is 2.48. The van der Waals surface area contributed by atoms with Crippen LogP contribution in [-0.2, 0) is 9.47 Å². The van der Waals surface area contributed by atoms with Crippen LogP contribution in [0.1, 0.15) is 22.3 Å². The first-order valence-corrected chi connectivity index (χ1v) is 17.8. The largest absolute Gasteiger partial charge is 0.466 e. The molecule has 8 heteroatoms. The number of benzene rings is 4. The summed E-state index contributed by atoms with van der Waals surface area (Å²) in [5, 5.41) is 3.82. The second-order valence-electron chi connectivity index (χ2n) is 12.6. The average molecular weight is 731 g/mol. The molecule has 0 unspecified atom stereocenters. The molecule has 0 aliphatic heterocycles. The summed E-state index contributed by atoms with van der Waals surface area (Å²) in [5.41, 5.74) is 7.53. The number of pyridine rings is 4. The first-order valence-electron chi connectivity index (χ1n) is 17.8. The molecule has 8 nitrogen and oxygen atoms in total. The summed E-state index contributed by atoms with van der Waals surface area (Å²) in [6.45, 7) is -0.0128. The van der Waals surface area contributed by atoms with Gasteiger partial charge in [-0.25, -0.2) is 0 Å². The quantitative estimate of drug-likeness (QED) is 0.107. The summed E-state index contributed by atoms with van der Waals surface area (Å²) in [4.78, 5) is 18.1. The zero-order valence-electron chi connectivity index (χ0n) is 30.7. The lowest BCUT2D eigenvalue weighted by Gasteiger charge is -2.21. The van der Waals surface area contributed by atoms with Gasteiger partial charge in [0.1, 0.15) is 11.5 Å². The van der Waals surface area contributed by atoms with E-state index in [0.29, 0.717) is 22.6 Å². The van der Waals surface area contributed by atoms with Crippen LogP contribution in [0.5, 0.6) is 11.5 Å². The highest BCUT2D eigenvalue weighted by Gasteiger charge is 2.24. The summed E-state index contributed by atoms with van der Waals surface area (Å²) in [6.07, 6.45) is 7.01. The number of aromatic nitrogens is 4. The maximum absolute atomic E-state index is 6.49. The van der Waals surface area contributed by atoms with Crippen molar-refractivity contribution in [3.63, 3.8) is 0 Å². The van der Waals surface area contributed by atoms with Gasteiger partial charge in [-0.3, -0.25) is 19.9 Å². The molecule has 0 amide bonds. The Morgan fingerprint density at radius 3 is 1.27 bits per heavy atom.